The van der Waals surface area contributed by atoms with Crippen molar-refractivity contribution >= 4 is 0 Å². The molecule has 0 spiro atoms. The number of benzene rings is 2. The lowest BCUT2D eigenvalue weighted by Crippen LogP contribution is -2.29. The molecule has 0 aliphatic heterocycles. The highest BCUT2D eigenvalue weighted by molar-refractivity contribution is 5.39. The third-order valence-electron chi connectivity index (χ3n) is 3.95. The van der Waals surface area contributed by atoms with Crippen LogP contribution in [0.2, 0.25) is 0 Å². The van der Waals surface area contributed by atoms with E-state index in [2.05, 4.69) is 48.7 Å². The molecule has 0 amide bonds. The topological polar surface area (TPSA) is 47.3 Å². The summed E-state index contributed by atoms with van der Waals surface area (Å²) in [4.78, 5) is 0. The van der Waals surface area contributed by atoms with Gasteiger partial charge < -0.3 is 4.74 Å². The number of nitrogens with one attached hydrogen (secondary N) is 1. The molecule has 0 bridgehead atoms. The number of ether oxygens (including phenoxy) is 1. The maximum Gasteiger partial charge on any atom is 0.119 e. The minimum absolute atomic E-state index is 0.0103. The van der Waals surface area contributed by atoms with Crippen LogP contribution in [0.3, 0.4) is 0 Å². The fourth-order valence-electron chi connectivity index (χ4n) is 2.62. The minimum Gasteiger partial charge on any atom is -0.490 e. The van der Waals surface area contributed by atoms with Gasteiger partial charge in [-0.25, -0.2) is 5.43 Å². The van der Waals surface area contributed by atoms with E-state index in [9.17, 15) is 0 Å². The molecule has 110 valence electrons. The van der Waals surface area contributed by atoms with Gasteiger partial charge in [-0.1, -0.05) is 43.3 Å². The molecule has 1 saturated carbocycles. The van der Waals surface area contributed by atoms with Crippen LogP contribution in [0, 0.1) is 0 Å². The smallest absolute Gasteiger partial charge is 0.119 e. The van der Waals surface area contributed by atoms with E-state index >= 15 is 0 Å². The van der Waals surface area contributed by atoms with E-state index < -0.39 is 0 Å². The maximum absolute atomic E-state index is 5.81. The first-order chi connectivity index (χ1) is 10.3. The first-order valence-electron chi connectivity index (χ1n) is 7.62. The average Bonchev–Trinajstić information content (AvgIpc) is 3.34. The van der Waals surface area contributed by atoms with Crippen molar-refractivity contribution in [1.29, 1.82) is 0 Å². The number of rotatable bonds is 6. The first-order valence-corrected chi connectivity index (χ1v) is 7.62. The third kappa shape index (κ3) is 3.26. The fraction of sp³-hybridized carbons (Fsp3) is 0.333. The van der Waals surface area contributed by atoms with Gasteiger partial charge in [0.15, 0.2) is 0 Å². The van der Waals surface area contributed by atoms with Crippen molar-refractivity contribution in [1.82, 2.24) is 5.43 Å². The van der Waals surface area contributed by atoms with Gasteiger partial charge >= 0.3 is 0 Å². The molecule has 2 aromatic rings. The van der Waals surface area contributed by atoms with Crippen molar-refractivity contribution in [2.75, 3.05) is 0 Å². The molecule has 0 heterocycles. The molecule has 3 N–H and O–H groups in total. The Bertz CT molecular complexity index is 590. The van der Waals surface area contributed by atoms with E-state index in [1.54, 1.807) is 0 Å². The Hall–Kier alpha value is -1.84. The zero-order valence-electron chi connectivity index (χ0n) is 12.4. The molecule has 1 aliphatic carbocycles. The normalized spacial score (nSPS) is 15.7. The molecule has 0 radical (unpaired) electrons. The molecule has 2 aromatic carbocycles. The van der Waals surface area contributed by atoms with Gasteiger partial charge in [0, 0.05) is 0 Å². The summed E-state index contributed by atoms with van der Waals surface area (Å²) in [5, 5.41) is 0. The number of hydrazine groups is 1. The summed E-state index contributed by atoms with van der Waals surface area (Å²) in [6, 6.07) is 16.7. The number of hydrogen-bond donors (Lipinski definition) is 2. The Labute approximate surface area is 126 Å². The van der Waals surface area contributed by atoms with Gasteiger partial charge in [-0.15, -0.1) is 0 Å². The lowest BCUT2D eigenvalue weighted by atomic mass is 9.94. The summed E-state index contributed by atoms with van der Waals surface area (Å²) in [5.74, 6) is 6.75. The second-order valence-electron chi connectivity index (χ2n) is 5.54. The van der Waals surface area contributed by atoms with Gasteiger partial charge in [-0.3, -0.25) is 5.84 Å². The van der Waals surface area contributed by atoms with Gasteiger partial charge in [0.05, 0.1) is 12.1 Å². The van der Waals surface area contributed by atoms with Gasteiger partial charge in [-0.2, -0.15) is 0 Å². The summed E-state index contributed by atoms with van der Waals surface area (Å²) in [5.41, 5.74) is 6.65. The molecule has 3 heteroatoms. The van der Waals surface area contributed by atoms with Crippen LogP contribution in [0.15, 0.2) is 48.5 Å². The lowest BCUT2D eigenvalue weighted by Gasteiger charge is -2.20. The van der Waals surface area contributed by atoms with Crippen molar-refractivity contribution in [2.45, 2.75) is 38.3 Å². The highest BCUT2D eigenvalue weighted by atomic mass is 16.5. The van der Waals surface area contributed by atoms with Crippen LogP contribution in [0.1, 0.15) is 42.5 Å². The number of nitrogens with two attached hydrogens (primary N) is 1. The monoisotopic (exact) mass is 282 g/mol. The van der Waals surface area contributed by atoms with Gasteiger partial charge in [0.2, 0.25) is 0 Å². The predicted molar refractivity (Wildman–Crippen MR) is 85.1 cm³/mol. The molecule has 3 nitrogen and oxygen atoms in total. The third-order valence-corrected chi connectivity index (χ3v) is 3.95. The Balaban J connectivity index is 1.84. The zero-order valence-corrected chi connectivity index (χ0v) is 12.4. The van der Waals surface area contributed by atoms with E-state index in [4.69, 9.17) is 10.6 Å². The van der Waals surface area contributed by atoms with Crippen LogP contribution in [-0.2, 0) is 6.42 Å². The summed E-state index contributed by atoms with van der Waals surface area (Å²) in [6.07, 6.45) is 3.79. The van der Waals surface area contributed by atoms with Crippen molar-refractivity contribution in [3.63, 3.8) is 0 Å². The van der Waals surface area contributed by atoms with Gasteiger partial charge in [0.25, 0.3) is 0 Å². The lowest BCUT2D eigenvalue weighted by molar-refractivity contribution is 0.303. The standard InChI is InChI=1S/C18H22N2O/c1-2-13-5-3-4-6-17(13)18(20-19)14-7-9-15(10-8-14)21-16-11-12-16/h3-10,16,18,20H,2,11-12,19H2,1H3. The van der Waals surface area contributed by atoms with E-state index in [0.717, 1.165) is 17.7 Å². The largest absolute Gasteiger partial charge is 0.490 e. The SMILES string of the molecule is CCc1ccccc1C(NN)c1ccc(OC2CC2)cc1. The molecular weight excluding hydrogens is 260 g/mol. The van der Waals surface area contributed by atoms with E-state index in [-0.39, 0.29) is 6.04 Å². The Morgan fingerprint density at radius 2 is 1.86 bits per heavy atom. The maximum atomic E-state index is 5.81. The highest BCUT2D eigenvalue weighted by Gasteiger charge is 2.23. The summed E-state index contributed by atoms with van der Waals surface area (Å²) in [7, 11) is 0. The van der Waals surface area contributed by atoms with Crippen LogP contribution >= 0.6 is 0 Å². The second kappa shape index (κ2) is 6.29. The summed E-state index contributed by atoms with van der Waals surface area (Å²) < 4.78 is 5.79. The molecule has 1 aliphatic rings. The van der Waals surface area contributed by atoms with E-state index in [0.29, 0.717) is 6.10 Å². The van der Waals surface area contributed by atoms with Crippen molar-refractivity contribution in [3.05, 3.63) is 65.2 Å². The molecule has 1 unspecified atom stereocenters. The first kappa shape index (κ1) is 14.1. The molecule has 1 atom stereocenters. The second-order valence-corrected chi connectivity index (χ2v) is 5.54. The highest BCUT2D eigenvalue weighted by Crippen LogP contribution is 2.29. The molecule has 1 fully saturated rings. The van der Waals surface area contributed by atoms with Crippen LogP contribution in [-0.4, -0.2) is 6.10 Å². The number of hydrogen-bond acceptors (Lipinski definition) is 3. The van der Waals surface area contributed by atoms with E-state index in [1.807, 2.05) is 12.1 Å². The summed E-state index contributed by atoms with van der Waals surface area (Å²) in [6.45, 7) is 2.17. The molecule has 21 heavy (non-hydrogen) atoms. The molecular formula is C18H22N2O. The number of aryl methyl sites for hydroxylation is 1. The predicted octanol–water partition coefficient (Wildman–Crippen LogP) is 3.34. The van der Waals surface area contributed by atoms with Crippen LogP contribution < -0.4 is 16.0 Å². The van der Waals surface area contributed by atoms with Crippen LogP contribution in [0.4, 0.5) is 0 Å². The Morgan fingerprint density at radius 1 is 1.14 bits per heavy atom. The van der Waals surface area contributed by atoms with Gasteiger partial charge in [-0.05, 0) is 48.1 Å². The van der Waals surface area contributed by atoms with Crippen LogP contribution in [0.25, 0.3) is 0 Å². The van der Waals surface area contributed by atoms with Crippen molar-refractivity contribution < 1.29 is 4.74 Å². The Morgan fingerprint density at radius 3 is 2.48 bits per heavy atom. The molecule has 0 aromatic heterocycles. The van der Waals surface area contributed by atoms with Crippen LogP contribution in [0.5, 0.6) is 5.75 Å². The zero-order chi connectivity index (χ0) is 14.7. The summed E-state index contributed by atoms with van der Waals surface area (Å²) >= 11 is 0. The van der Waals surface area contributed by atoms with Gasteiger partial charge in [0.1, 0.15) is 5.75 Å². The van der Waals surface area contributed by atoms with Crippen molar-refractivity contribution in [3.8, 4) is 5.75 Å². The Kier molecular flexibility index (Phi) is 4.23. The fourth-order valence-corrected chi connectivity index (χ4v) is 2.62. The quantitative estimate of drug-likeness (QED) is 0.631. The average molecular weight is 282 g/mol. The minimum atomic E-state index is 0.0103. The molecule has 3 rings (SSSR count). The van der Waals surface area contributed by atoms with Crippen molar-refractivity contribution in [2.24, 2.45) is 5.84 Å². The molecule has 0 saturated heterocycles. The van der Waals surface area contributed by atoms with E-state index in [1.165, 1.54) is 24.0 Å².